The smallest absolute Gasteiger partial charge is 0.320 e. The van der Waals surface area contributed by atoms with Gasteiger partial charge in [-0.2, -0.15) is 17.5 Å². The van der Waals surface area contributed by atoms with Crippen molar-refractivity contribution < 1.29 is 13.2 Å². The van der Waals surface area contributed by atoms with Crippen molar-refractivity contribution in [2.75, 3.05) is 4.90 Å². The van der Waals surface area contributed by atoms with Crippen molar-refractivity contribution in [2.45, 2.75) is 31.4 Å². The number of halogens is 3. The van der Waals surface area contributed by atoms with Crippen LogP contribution in [0, 0.1) is 5.92 Å². The van der Waals surface area contributed by atoms with Crippen LogP contribution >= 0.6 is 11.5 Å². The molecule has 0 bridgehead atoms. The lowest BCUT2D eigenvalue weighted by Crippen LogP contribution is -2.25. The number of alkyl halides is 3. The SMILES string of the molecule is C=C1N2C=CC=C(C(F)(F)F)C2=CN1c1cc(-c2ccsn2)cc(C(c2nncn2C)C2CCC2)c1. The molecule has 10 heteroatoms. The Morgan fingerprint density at radius 3 is 2.64 bits per heavy atom. The van der Waals surface area contributed by atoms with Crippen LogP contribution in [0.15, 0.2) is 84.2 Å². The summed E-state index contributed by atoms with van der Waals surface area (Å²) in [5, 5.41) is 10.5. The first-order valence-electron chi connectivity index (χ1n) is 11.7. The highest BCUT2D eigenvalue weighted by molar-refractivity contribution is 7.03. The van der Waals surface area contributed by atoms with Crippen molar-refractivity contribution in [3.63, 3.8) is 0 Å². The van der Waals surface area contributed by atoms with Gasteiger partial charge < -0.3 is 14.4 Å². The molecule has 2 aromatic heterocycles. The normalized spacial score (nSPS) is 18.7. The lowest BCUT2D eigenvalue weighted by atomic mass is 9.72. The van der Waals surface area contributed by atoms with Gasteiger partial charge in [-0.15, -0.1) is 10.2 Å². The Hall–Kier alpha value is -3.66. The van der Waals surface area contributed by atoms with E-state index in [1.807, 2.05) is 35.2 Å². The number of aromatic nitrogens is 4. The van der Waals surface area contributed by atoms with Gasteiger partial charge in [0.2, 0.25) is 0 Å². The maximum absolute atomic E-state index is 13.7. The van der Waals surface area contributed by atoms with E-state index < -0.39 is 11.7 Å². The van der Waals surface area contributed by atoms with Gasteiger partial charge >= 0.3 is 6.18 Å². The van der Waals surface area contributed by atoms with Crippen LogP contribution in [0.25, 0.3) is 11.3 Å². The van der Waals surface area contributed by atoms with Gasteiger partial charge in [-0.25, -0.2) is 0 Å². The van der Waals surface area contributed by atoms with Crippen molar-refractivity contribution in [1.29, 1.82) is 0 Å². The first kappa shape index (κ1) is 22.8. The van der Waals surface area contributed by atoms with Gasteiger partial charge in [0.25, 0.3) is 0 Å². The molecule has 3 aliphatic rings. The van der Waals surface area contributed by atoms with Gasteiger partial charge in [0.15, 0.2) is 0 Å². The highest BCUT2D eigenvalue weighted by Crippen LogP contribution is 2.46. The molecule has 0 N–H and O–H groups in total. The summed E-state index contributed by atoms with van der Waals surface area (Å²) in [7, 11) is 1.94. The zero-order valence-corrected chi connectivity index (χ0v) is 20.3. The molecule has 1 saturated carbocycles. The average Bonchev–Trinajstić information content (AvgIpc) is 3.56. The van der Waals surface area contributed by atoms with E-state index in [4.69, 9.17) is 0 Å². The highest BCUT2D eigenvalue weighted by atomic mass is 32.1. The molecule has 2 aliphatic heterocycles. The van der Waals surface area contributed by atoms with Crippen molar-refractivity contribution >= 4 is 17.2 Å². The molecule has 0 spiro atoms. The molecule has 0 saturated heterocycles. The predicted octanol–water partition coefficient (Wildman–Crippen LogP) is 6.32. The van der Waals surface area contributed by atoms with Crippen molar-refractivity contribution in [1.82, 2.24) is 24.0 Å². The van der Waals surface area contributed by atoms with Gasteiger partial charge in [-0.1, -0.05) is 13.0 Å². The maximum atomic E-state index is 13.7. The fourth-order valence-corrected chi connectivity index (χ4v) is 5.63. The second-order valence-electron chi connectivity index (χ2n) is 9.26. The lowest BCUT2D eigenvalue weighted by Gasteiger charge is -2.34. The number of hydrogen-bond donors (Lipinski definition) is 0. The molecule has 0 radical (unpaired) electrons. The number of rotatable bonds is 5. The third-order valence-electron chi connectivity index (χ3n) is 7.10. The summed E-state index contributed by atoms with van der Waals surface area (Å²) in [5.74, 6) is 1.74. The van der Waals surface area contributed by atoms with Gasteiger partial charge in [-0.05, 0) is 72.3 Å². The number of allylic oxidation sites excluding steroid dienone is 3. The van der Waals surface area contributed by atoms with E-state index in [1.165, 1.54) is 35.1 Å². The summed E-state index contributed by atoms with van der Waals surface area (Å²) in [4.78, 5) is 3.20. The molecular formula is C26H23F3N6S. The summed E-state index contributed by atoms with van der Waals surface area (Å²) in [6.07, 6.45) is 6.18. The molecule has 1 aromatic carbocycles. The Morgan fingerprint density at radius 1 is 1.17 bits per heavy atom. The molecule has 1 unspecified atom stereocenters. The number of fused-ring (bicyclic) bond motifs is 1. The second kappa shape index (κ2) is 8.48. The summed E-state index contributed by atoms with van der Waals surface area (Å²) in [6.45, 7) is 4.12. The van der Waals surface area contributed by atoms with Crippen LogP contribution in [0.5, 0.6) is 0 Å². The topological polar surface area (TPSA) is 50.1 Å². The van der Waals surface area contributed by atoms with Gasteiger partial charge in [0.1, 0.15) is 18.0 Å². The van der Waals surface area contributed by atoms with Crippen molar-refractivity contribution in [3.8, 4) is 11.3 Å². The first-order valence-corrected chi connectivity index (χ1v) is 12.5. The molecule has 1 aliphatic carbocycles. The monoisotopic (exact) mass is 508 g/mol. The van der Waals surface area contributed by atoms with Crippen LogP contribution in [-0.2, 0) is 7.05 Å². The molecule has 0 amide bonds. The number of benzene rings is 1. The Bertz CT molecular complexity index is 1410. The maximum Gasteiger partial charge on any atom is 0.418 e. The minimum Gasteiger partial charge on any atom is -0.320 e. The minimum absolute atomic E-state index is 0.0141. The summed E-state index contributed by atoms with van der Waals surface area (Å²) in [6, 6.07) is 8.06. The second-order valence-corrected chi connectivity index (χ2v) is 9.92. The third-order valence-corrected chi connectivity index (χ3v) is 7.66. The quantitative estimate of drug-likeness (QED) is 0.404. The van der Waals surface area contributed by atoms with E-state index in [0.29, 0.717) is 11.7 Å². The molecule has 1 fully saturated rings. The van der Waals surface area contributed by atoms with E-state index in [1.54, 1.807) is 17.4 Å². The summed E-state index contributed by atoms with van der Waals surface area (Å²) in [5.41, 5.74) is 2.83. The lowest BCUT2D eigenvalue weighted by molar-refractivity contribution is -0.0908. The minimum atomic E-state index is -4.47. The number of nitrogens with zero attached hydrogens (tertiary/aromatic N) is 6. The van der Waals surface area contributed by atoms with Crippen LogP contribution in [0.1, 0.15) is 36.6 Å². The zero-order chi connectivity index (χ0) is 25.0. The fraction of sp³-hybridized carbons (Fsp3) is 0.269. The number of anilines is 1. The third kappa shape index (κ3) is 3.76. The van der Waals surface area contributed by atoms with Crippen molar-refractivity contribution in [3.05, 3.63) is 95.6 Å². The summed E-state index contributed by atoms with van der Waals surface area (Å²) < 4.78 is 47.7. The van der Waals surface area contributed by atoms with Crippen LogP contribution in [-0.4, -0.2) is 30.2 Å². The van der Waals surface area contributed by atoms with E-state index in [0.717, 1.165) is 47.3 Å². The molecule has 36 heavy (non-hydrogen) atoms. The molecule has 4 heterocycles. The highest BCUT2D eigenvalue weighted by Gasteiger charge is 2.42. The Balaban J connectivity index is 1.49. The molecular weight excluding hydrogens is 485 g/mol. The van der Waals surface area contributed by atoms with E-state index in [2.05, 4.69) is 27.2 Å². The Morgan fingerprint density at radius 2 is 2.00 bits per heavy atom. The van der Waals surface area contributed by atoms with Crippen LogP contribution in [0.2, 0.25) is 0 Å². The average molecular weight is 509 g/mol. The number of aryl methyl sites for hydroxylation is 1. The van der Waals surface area contributed by atoms with Gasteiger partial charge in [-0.3, -0.25) is 0 Å². The van der Waals surface area contributed by atoms with Crippen molar-refractivity contribution in [2.24, 2.45) is 13.0 Å². The summed E-state index contributed by atoms with van der Waals surface area (Å²) >= 11 is 1.36. The van der Waals surface area contributed by atoms with Crippen LogP contribution < -0.4 is 4.90 Å². The predicted molar refractivity (Wildman–Crippen MR) is 133 cm³/mol. The standard InChI is InChI=1S/C26H23F3N6S/c1-16-34-9-4-7-21(26(27,28)29)23(34)14-35(16)20-12-18(22-8-10-36-32-22)11-19(13-20)24(17-5-3-6-17)25-31-30-15-33(25)2/h4,7-15,17,24H,1,3,5-6H2,2H3. The first-order chi connectivity index (χ1) is 17.3. The molecule has 3 aromatic rings. The van der Waals surface area contributed by atoms with Crippen LogP contribution in [0.4, 0.5) is 18.9 Å². The fourth-order valence-electron chi connectivity index (χ4n) is 5.10. The van der Waals surface area contributed by atoms with E-state index in [9.17, 15) is 13.2 Å². The number of hydrogen-bond acceptors (Lipinski definition) is 6. The Labute approximate surface area is 210 Å². The van der Waals surface area contributed by atoms with E-state index in [-0.39, 0.29) is 11.6 Å². The largest absolute Gasteiger partial charge is 0.418 e. The molecule has 184 valence electrons. The van der Waals surface area contributed by atoms with E-state index >= 15 is 0 Å². The van der Waals surface area contributed by atoms with Gasteiger partial charge in [0.05, 0.1) is 17.0 Å². The zero-order valence-electron chi connectivity index (χ0n) is 19.5. The Kier molecular flexibility index (Phi) is 5.36. The molecule has 6 nitrogen and oxygen atoms in total. The molecule has 1 atom stereocenters. The van der Waals surface area contributed by atoms with Gasteiger partial charge in [0, 0.05) is 42.0 Å². The van der Waals surface area contributed by atoms with Crippen LogP contribution in [0.3, 0.4) is 0 Å². The molecule has 6 rings (SSSR count).